The van der Waals surface area contributed by atoms with Crippen LogP contribution in [0.4, 0.5) is 0 Å². The molecule has 0 atom stereocenters. The molecule has 2 amide bonds. The Morgan fingerprint density at radius 3 is 2.61 bits per heavy atom. The number of hydrogen-bond donors (Lipinski definition) is 1. The van der Waals surface area contributed by atoms with Gasteiger partial charge in [0.1, 0.15) is 4.32 Å². The van der Waals surface area contributed by atoms with E-state index in [2.05, 4.69) is 5.32 Å². The molecule has 0 bridgehead atoms. The minimum Gasteiger partial charge on any atom is -0.356 e. The van der Waals surface area contributed by atoms with Crippen molar-refractivity contribution in [2.24, 2.45) is 0 Å². The number of thioether (sulfide) groups is 1. The van der Waals surface area contributed by atoms with Gasteiger partial charge in [0.05, 0.1) is 4.91 Å². The van der Waals surface area contributed by atoms with Crippen LogP contribution < -0.4 is 5.32 Å². The molecule has 0 spiro atoms. The van der Waals surface area contributed by atoms with Gasteiger partial charge >= 0.3 is 0 Å². The lowest BCUT2D eigenvalue weighted by Gasteiger charge is -2.14. The van der Waals surface area contributed by atoms with E-state index in [1.54, 1.807) is 12.1 Å². The second-order valence-electron chi connectivity index (χ2n) is 6.19. The zero-order valence-electron chi connectivity index (χ0n) is 15.1. The van der Waals surface area contributed by atoms with E-state index < -0.39 is 0 Å². The Morgan fingerprint density at radius 2 is 1.86 bits per heavy atom. The average Bonchev–Trinajstić information content (AvgIpc) is 2.96. The van der Waals surface area contributed by atoms with Gasteiger partial charge in [0.15, 0.2) is 0 Å². The second-order valence-corrected chi connectivity index (χ2v) is 8.27. The van der Waals surface area contributed by atoms with E-state index in [1.807, 2.05) is 48.5 Å². The van der Waals surface area contributed by atoms with Crippen LogP contribution in [0.2, 0.25) is 5.02 Å². The number of halogens is 1. The summed E-state index contributed by atoms with van der Waals surface area (Å²) in [6.45, 7) is 0.829. The van der Waals surface area contributed by atoms with E-state index in [1.165, 1.54) is 22.2 Å². The Hall–Kier alpha value is -2.15. The van der Waals surface area contributed by atoms with E-state index in [9.17, 15) is 9.59 Å². The summed E-state index contributed by atoms with van der Waals surface area (Å²) in [5.74, 6) is -0.285. The van der Waals surface area contributed by atoms with Gasteiger partial charge in [-0.2, -0.15) is 0 Å². The number of nitrogens with one attached hydrogen (secondary N) is 1. The standard InChI is InChI=1S/C21H19ClN2O2S2/c22-17-9-5-4-8-16(17)14-18-20(26)24(21(27)28-18)13-11-19(25)23-12-10-15-6-2-1-3-7-15/h1-9,14H,10-13H2,(H,23,25)/b18-14+. The van der Waals surface area contributed by atoms with Crippen LogP contribution in [0, 0.1) is 0 Å². The molecule has 1 saturated heterocycles. The van der Waals surface area contributed by atoms with E-state index in [0.29, 0.717) is 20.8 Å². The van der Waals surface area contributed by atoms with Crippen molar-refractivity contribution in [2.45, 2.75) is 12.8 Å². The van der Waals surface area contributed by atoms with Crippen molar-refractivity contribution < 1.29 is 9.59 Å². The predicted octanol–water partition coefficient (Wildman–Crippen LogP) is 4.29. The number of hydrogen-bond acceptors (Lipinski definition) is 4. The number of amides is 2. The molecule has 4 nitrogen and oxygen atoms in total. The molecule has 0 radical (unpaired) electrons. The molecule has 2 aromatic rings. The molecule has 1 aliphatic heterocycles. The second kappa shape index (κ2) is 9.87. The molecule has 1 fully saturated rings. The van der Waals surface area contributed by atoms with Gasteiger partial charge in [-0.15, -0.1) is 0 Å². The smallest absolute Gasteiger partial charge is 0.266 e. The van der Waals surface area contributed by atoms with Crippen LogP contribution in [0.5, 0.6) is 0 Å². The van der Waals surface area contributed by atoms with Crippen molar-refractivity contribution in [3.05, 3.63) is 75.7 Å². The van der Waals surface area contributed by atoms with Gasteiger partial charge in [0.2, 0.25) is 5.91 Å². The fraction of sp³-hybridized carbons (Fsp3) is 0.190. The molecule has 0 saturated carbocycles. The maximum absolute atomic E-state index is 12.6. The topological polar surface area (TPSA) is 49.4 Å². The Bertz CT molecular complexity index is 916. The normalized spacial score (nSPS) is 15.3. The largest absolute Gasteiger partial charge is 0.356 e. The van der Waals surface area contributed by atoms with Crippen LogP contribution >= 0.6 is 35.6 Å². The van der Waals surface area contributed by atoms with Gasteiger partial charge < -0.3 is 5.32 Å². The minimum atomic E-state index is -0.188. The summed E-state index contributed by atoms with van der Waals surface area (Å²) in [5.41, 5.74) is 1.94. The summed E-state index contributed by atoms with van der Waals surface area (Å²) in [7, 11) is 0. The molecular weight excluding hydrogens is 412 g/mol. The molecule has 0 unspecified atom stereocenters. The monoisotopic (exact) mass is 430 g/mol. The Morgan fingerprint density at radius 1 is 1.14 bits per heavy atom. The van der Waals surface area contributed by atoms with Gasteiger partial charge in [0.25, 0.3) is 5.91 Å². The van der Waals surface area contributed by atoms with E-state index in [4.69, 9.17) is 23.8 Å². The highest BCUT2D eigenvalue weighted by molar-refractivity contribution is 8.26. The zero-order valence-corrected chi connectivity index (χ0v) is 17.4. The van der Waals surface area contributed by atoms with Crippen molar-refractivity contribution in [3.63, 3.8) is 0 Å². The number of nitrogens with zero attached hydrogens (tertiary/aromatic N) is 1. The molecule has 7 heteroatoms. The summed E-state index contributed by atoms with van der Waals surface area (Å²) < 4.78 is 0.459. The van der Waals surface area contributed by atoms with Crippen LogP contribution in [-0.2, 0) is 16.0 Å². The van der Waals surface area contributed by atoms with Crippen molar-refractivity contribution in [3.8, 4) is 0 Å². The lowest BCUT2D eigenvalue weighted by atomic mass is 10.1. The fourth-order valence-corrected chi connectivity index (χ4v) is 4.21. The average molecular weight is 431 g/mol. The molecule has 144 valence electrons. The van der Waals surface area contributed by atoms with Crippen molar-refractivity contribution >= 4 is 57.8 Å². The third kappa shape index (κ3) is 5.44. The minimum absolute atomic E-state index is 0.0972. The van der Waals surface area contributed by atoms with E-state index >= 15 is 0 Å². The first-order valence-electron chi connectivity index (χ1n) is 8.85. The third-order valence-electron chi connectivity index (χ3n) is 4.21. The fourth-order valence-electron chi connectivity index (χ4n) is 2.72. The van der Waals surface area contributed by atoms with Crippen molar-refractivity contribution in [1.29, 1.82) is 0 Å². The summed E-state index contributed by atoms with van der Waals surface area (Å²) in [5, 5.41) is 3.46. The molecule has 1 N–H and O–H groups in total. The Labute approximate surface area is 178 Å². The molecule has 0 aromatic heterocycles. The lowest BCUT2D eigenvalue weighted by Crippen LogP contribution is -2.34. The quantitative estimate of drug-likeness (QED) is 0.525. The zero-order chi connectivity index (χ0) is 19.9. The van der Waals surface area contributed by atoms with Crippen LogP contribution in [0.3, 0.4) is 0 Å². The third-order valence-corrected chi connectivity index (χ3v) is 5.93. The van der Waals surface area contributed by atoms with Crippen LogP contribution in [0.1, 0.15) is 17.5 Å². The highest BCUT2D eigenvalue weighted by Gasteiger charge is 2.32. The molecule has 3 rings (SSSR count). The summed E-state index contributed by atoms with van der Waals surface area (Å²) >= 11 is 12.7. The number of benzene rings is 2. The van der Waals surface area contributed by atoms with Gasteiger partial charge in [-0.25, -0.2) is 0 Å². The van der Waals surface area contributed by atoms with Gasteiger partial charge in [-0.1, -0.05) is 84.1 Å². The van der Waals surface area contributed by atoms with Gasteiger partial charge in [0, 0.05) is 24.5 Å². The molecule has 28 heavy (non-hydrogen) atoms. The number of thiocarbonyl (C=S) groups is 1. The SMILES string of the molecule is O=C(CCN1C(=O)/C(=C\c2ccccc2Cl)SC1=S)NCCc1ccccc1. The molecule has 1 aliphatic rings. The maximum Gasteiger partial charge on any atom is 0.266 e. The Kier molecular flexibility index (Phi) is 7.25. The molecular formula is C21H19ClN2O2S2. The first-order valence-corrected chi connectivity index (χ1v) is 10.5. The van der Waals surface area contributed by atoms with Crippen LogP contribution in [0.15, 0.2) is 59.5 Å². The summed E-state index contributed by atoms with van der Waals surface area (Å²) in [6, 6.07) is 17.3. The maximum atomic E-state index is 12.6. The highest BCUT2D eigenvalue weighted by Crippen LogP contribution is 2.33. The molecule has 1 heterocycles. The van der Waals surface area contributed by atoms with Crippen LogP contribution in [0.25, 0.3) is 6.08 Å². The first-order chi connectivity index (χ1) is 13.5. The van der Waals surface area contributed by atoms with Gasteiger partial charge in [-0.05, 0) is 29.7 Å². The highest BCUT2D eigenvalue weighted by atomic mass is 35.5. The summed E-state index contributed by atoms with van der Waals surface area (Å²) in [4.78, 5) is 26.7. The first kappa shape index (κ1) is 20.6. The van der Waals surface area contributed by atoms with Crippen LogP contribution in [-0.4, -0.2) is 34.1 Å². The van der Waals surface area contributed by atoms with E-state index in [0.717, 1.165) is 12.0 Å². The molecule has 2 aromatic carbocycles. The van der Waals surface area contributed by atoms with Crippen molar-refractivity contribution in [2.75, 3.05) is 13.1 Å². The lowest BCUT2D eigenvalue weighted by molar-refractivity contribution is -0.123. The number of carbonyl (C=O) groups excluding carboxylic acids is 2. The Balaban J connectivity index is 1.50. The van der Waals surface area contributed by atoms with Gasteiger partial charge in [-0.3, -0.25) is 14.5 Å². The number of rotatable bonds is 7. The molecule has 0 aliphatic carbocycles. The van der Waals surface area contributed by atoms with Crippen molar-refractivity contribution in [1.82, 2.24) is 10.2 Å². The van der Waals surface area contributed by atoms with E-state index in [-0.39, 0.29) is 24.8 Å². The summed E-state index contributed by atoms with van der Waals surface area (Å²) in [6.07, 6.45) is 2.72. The predicted molar refractivity (Wildman–Crippen MR) is 119 cm³/mol. The number of carbonyl (C=O) groups is 2.